The van der Waals surface area contributed by atoms with Crippen LogP contribution in [0.15, 0.2) is 24.3 Å². The van der Waals surface area contributed by atoms with Crippen molar-refractivity contribution in [1.82, 2.24) is 0 Å². The van der Waals surface area contributed by atoms with Gasteiger partial charge in [-0.1, -0.05) is 45.7 Å². The summed E-state index contributed by atoms with van der Waals surface area (Å²) in [7, 11) is 0. The van der Waals surface area contributed by atoms with E-state index in [2.05, 4.69) is 20.8 Å². The first-order valence-electron chi connectivity index (χ1n) is 7.63. The van der Waals surface area contributed by atoms with Crippen molar-refractivity contribution in [1.29, 1.82) is 0 Å². The normalized spacial score (nSPS) is 12.7. The van der Waals surface area contributed by atoms with E-state index in [1.165, 1.54) is 0 Å². The Hall–Kier alpha value is -1.02. The monoisotopic (exact) mass is 264 g/mol. The van der Waals surface area contributed by atoms with Crippen molar-refractivity contribution in [2.45, 2.75) is 59.0 Å². The Kier molecular flexibility index (Phi) is 7.57. The van der Waals surface area contributed by atoms with Crippen LogP contribution >= 0.6 is 0 Å². The molecule has 1 N–H and O–H groups in total. The SMILES string of the molecule is CCCOc1ccc(C(O)C(CCC)CCC)cc1. The second-order valence-corrected chi connectivity index (χ2v) is 5.20. The quantitative estimate of drug-likeness (QED) is 0.699. The summed E-state index contributed by atoms with van der Waals surface area (Å²) in [6.45, 7) is 7.20. The molecule has 0 spiro atoms. The lowest BCUT2D eigenvalue weighted by atomic mass is 9.88. The standard InChI is InChI=1S/C17H28O2/c1-4-7-14(8-5-2)17(18)15-9-11-16(12-10-15)19-13-6-3/h9-12,14,17-18H,4-8,13H2,1-3H3. The summed E-state index contributed by atoms with van der Waals surface area (Å²) in [5.74, 6) is 1.26. The van der Waals surface area contributed by atoms with Gasteiger partial charge in [-0.2, -0.15) is 0 Å². The zero-order chi connectivity index (χ0) is 14.1. The number of hydrogen-bond acceptors (Lipinski definition) is 2. The molecule has 0 saturated heterocycles. The molecule has 2 heteroatoms. The van der Waals surface area contributed by atoms with Crippen LogP contribution in [0.5, 0.6) is 5.75 Å². The first kappa shape index (κ1) is 16.0. The van der Waals surface area contributed by atoms with Crippen LogP contribution in [0.2, 0.25) is 0 Å². The fourth-order valence-corrected chi connectivity index (χ4v) is 2.45. The lowest BCUT2D eigenvalue weighted by Gasteiger charge is -2.22. The minimum atomic E-state index is -0.347. The Morgan fingerprint density at radius 2 is 1.53 bits per heavy atom. The molecule has 0 aromatic heterocycles. The van der Waals surface area contributed by atoms with Gasteiger partial charge in [0.25, 0.3) is 0 Å². The molecule has 0 fully saturated rings. The van der Waals surface area contributed by atoms with E-state index in [1.54, 1.807) is 0 Å². The van der Waals surface area contributed by atoms with Crippen LogP contribution < -0.4 is 4.74 Å². The van der Waals surface area contributed by atoms with Crippen molar-refractivity contribution in [2.75, 3.05) is 6.61 Å². The predicted molar refractivity (Wildman–Crippen MR) is 80.5 cm³/mol. The lowest BCUT2D eigenvalue weighted by Crippen LogP contribution is -2.12. The average molecular weight is 264 g/mol. The second-order valence-electron chi connectivity index (χ2n) is 5.20. The van der Waals surface area contributed by atoms with Gasteiger partial charge in [0.05, 0.1) is 12.7 Å². The average Bonchev–Trinajstić information content (AvgIpc) is 2.44. The molecule has 0 aliphatic rings. The molecule has 0 amide bonds. The fraction of sp³-hybridized carbons (Fsp3) is 0.647. The van der Waals surface area contributed by atoms with Gasteiger partial charge in [-0.15, -0.1) is 0 Å². The number of rotatable bonds is 9. The Bertz CT molecular complexity index is 326. The molecule has 1 aromatic carbocycles. The van der Waals surface area contributed by atoms with Crippen LogP contribution in [0.4, 0.5) is 0 Å². The van der Waals surface area contributed by atoms with E-state index in [4.69, 9.17) is 4.74 Å². The summed E-state index contributed by atoms with van der Waals surface area (Å²) in [4.78, 5) is 0. The van der Waals surface area contributed by atoms with Gasteiger partial charge in [-0.05, 0) is 42.9 Å². The van der Waals surface area contributed by atoms with E-state index in [1.807, 2.05) is 24.3 Å². The van der Waals surface area contributed by atoms with E-state index in [-0.39, 0.29) is 6.10 Å². The highest BCUT2D eigenvalue weighted by molar-refractivity contribution is 5.28. The molecule has 0 saturated carbocycles. The molecule has 0 aliphatic heterocycles. The van der Waals surface area contributed by atoms with Crippen LogP contribution in [0.1, 0.15) is 64.5 Å². The van der Waals surface area contributed by atoms with E-state index in [9.17, 15) is 5.11 Å². The van der Waals surface area contributed by atoms with Crippen molar-refractivity contribution in [3.05, 3.63) is 29.8 Å². The highest BCUT2D eigenvalue weighted by atomic mass is 16.5. The molecular weight excluding hydrogens is 236 g/mol. The number of hydrogen-bond donors (Lipinski definition) is 1. The molecule has 0 radical (unpaired) electrons. The summed E-state index contributed by atoms with van der Waals surface area (Å²) in [6.07, 6.45) is 5.09. The Morgan fingerprint density at radius 1 is 0.947 bits per heavy atom. The maximum absolute atomic E-state index is 10.5. The Labute approximate surface area is 117 Å². The lowest BCUT2D eigenvalue weighted by molar-refractivity contribution is 0.0964. The summed E-state index contributed by atoms with van der Waals surface area (Å²) in [5, 5.41) is 10.5. The third kappa shape index (κ3) is 5.23. The van der Waals surface area contributed by atoms with Gasteiger partial charge in [0.2, 0.25) is 0 Å². The first-order chi connectivity index (χ1) is 9.22. The molecular formula is C17H28O2. The Morgan fingerprint density at radius 3 is 2.00 bits per heavy atom. The highest BCUT2D eigenvalue weighted by Crippen LogP contribution is 2.30. The van der Waals surface area contributed by atoms with Crippen molar-refractivity contribution in [3.63, 3.8) is 0 Å². The number of aliphatic hydroxyl groups is 1. The van der Waals surface area contributed by atoms with Crippen molar-refractivity contribution in [3.8, 4) is 5.75 Å². The van der Waals surface area contributed by atoms with Crippen LogP contribution in [0.25, 0.3) is 0 Å². The molecule has 1 atom stereocenters. The summed E-state index contributed by atoms with van der Waals surface area (Å²) >= 11 is 0. The molecule has 0 heterocycles. The van der Waals surface area contributed by atoms with E-state index in [0.717, 1.165) is 50.0 Å². The van der Waals surface area contributed by atoms with Crippen LogP contribution in [-0.2, 0) is 0 Å². The maximum Gasteiger partial charge on any atom is 0.119 e. The molecule has 1 rings (SSSR count). The Balaban J connectivity index is 2.66. The number of aliphatic hydroxyl groups excluding tert-OH is 1. The summed E-state index contributed by atoms with van der Waals surface area (Å²) < 4.78 is 5.56. The third-order valence-electron chi connectivity index (χ3n) is 3.46. The van der Waals surface area contributed by atoms with Gasteiger partial charge in [0.1, 0.15) is 5.75 Å². The first-order valence-corrected chi connectivity index (χ1v) is 7.63. The zero-order valence-corrected chi connectivity index (χ0v) is 12.6. The highest BCUT2D eigenvalue weighted by Gasteiger charge is 2.19. The van der Waals surface area contributed by atoms with Gasteiger partial charge in [0, 0.05) is 0 Å². The van der Waals surface area contributed by atoms with Gasteiger partial charge < -0.3 is 9.84 Å². The molecule has 108 valence electrons. The molecule has 2 nitrogen and oxygen atoms in total. The van der Waals surface area contributed by atoms with Crippen LogP contribution in [-0.4, -0.2) is 11.7 Å². The molecule has 19 heavy (non-hydrogen) atoms. The summed E-state index contributed by atoms with van der Waals surface area (Å²) in [6, 6.07) is 7.91. The van der Waals surface area contributed by atoms with E-state index >= 15 is 0 Å². The van der Waals surface area contributed by atoms with Crippen molar-refractivity contribution >= 4 is 0 Å². The van der Waals surface area contributed by atoms with Gasteiger partial charge >= 0.3 is 0 Å². The fourth-order valence-electron chi connectivity index (χ4n) is 2.45. The third-order valence-corrected chi connectivity index (χ3v) is 3.46. The molecule has 0 aliphatic carbocycles. The van der Waals surface area contributed by atoms with E-state index < -0.39 is 0 Å². The maximum atomic E-state index is 10.5. The van der Waals surface area contributed by atoms with E-state index in [0.29, 0.717) is 5.92 Å². The minimum absolute atomic E-state index is 0.347. The molecule has 1 aromatic rings. The predicted octanol–water partition coefficient (Wildman–Crippen LogP) is 4.73. The van der Waals surface area contributed by atoms with Gasteiger partial charge in [-0.3, -0.25) is 0 Å². The largest absolute Gasteiger partial charge is 0.494 e. The number of ether oxygens (including phenoxy) is 1. The van der Waals surface area contributed by atoms with Gasteiger partial charge in [-0.25, -0.2) is 0 Å². The smallest absolute Gasteiger partial charge is 0.119 e. The van der Waals surface area contributed by atoms with Crippen LogP contribution in [0, 0.1) is 5.92 Å². The summed E-state index contributed by atoms with van der Waals surface area (Å²) in [5.41, 5.74) is 1.01. The molecule has 1 unspecified atom stereocenters. The minimum Gasteiger partial charge on any atom is -0.494 e. The molecule has 0 bridgehead atoms. The number of benzene rings is 1. The zero-order valence-electron chi connectivity index (χ0n) is 12.6. The van der Waals surface area contributed by atoms with Gasteiger partial charge in [0.15, 0.2) is 0 Å². The van der Waals surface area contributed by atoms with Crippen LogP contribution in [0.3, 0.4) is 0 Å². The van der Waals surface area contributed by atoms with Crippen molar-refractivity contribution in [2.24, 2.45) is 5.92 Å². The topological polar surface area (TPSA) is 29.5 Å². The second kappa shape index (κ2) is 8.98. The van der Waals surface area contributed by atoms with Crippen molar-refractivity contribution < 1.29 is 9.84 Å².